The van der Waals surface area contributed by atoms with E-state index in [0.717, 1.165) is 23.7 Å². The van der Waals surface area contributed by atoms with Crippen molar-refractivity contribution in [2.75, 3.05) is 13.2 Å². The largest absolute Gasteiger partial charge is 0.381 e. The fourth-order valence-electron chi connectivity index (χ4n) is 3.23. The quantitative estimate of drug-likeness (QED) is 0.732. The van der Waals surface area contributed by atoms with Crippen LogP contribution in [0.15, 0.2) is 28.7 Å². The number of nitrogens with one attached hydrogen (secondary N) is 1. The van der Waals surface area contributed by atoms with E-state index >= 15 is 0 Å². The van der Waals surface area contributed by atoms with Crippen LogP contribution in [0.4, 0.5) is 0 Å². The molecule has 1 aromatic carbocycles. The maximum atomic E-state index is 12.2. The normalized spacial score (nSPS) is 17.2. The number of rotatable bonds is 7. The molecule has 1 aliphatic carbocycles. The zero-order chi connectivity index (χ0) is 15.8. The SMILES string of the molecule is CCOCCC(=O)NC1(Cc2ccc(Br)cc2)CCCCC1. The Labute approximate surface area is 141 Å². The molecule has 0 aromatic heterocycles. The van der Waals surface area contributed by atoms with Crippen molar-refractivity contribution >= 4 is 21.8 Å². The first-order valence-corrected chi connectivity index (χ1v) is 9.06. The summed E-state index contributed by atoms with van der Waals surface area (Å²) >= 11 is 3.48. The van der Waals surface area contributed by atoms with Crippen molar-refractivity contribution in [3.63, 3.8) is 0 Å². The molecule has 1 amide bonds. The van der Waals surface area contributed by atoms with Gasteiger partial charge in [-0.1, -0.05) is 47.3 Å². The first kappa shape index (κ1) is 17.5. The number of benzene rings is 1. The molecule has 0 atom stereocenters. The molecule has 0 heterocycles. The molecule has 1 fully saturated rings. The van der Waals surface area contributed by atoms with Crippen LogP contribution in [0.3, 0.4) is 0 Å². The number of hydrogen-bond acceptors (Lipinski definition) is 2. The molecule has 2 rings (SSSR count). The second-order valence-electron chi connectivity index (χ2n) is 6.14. The highest BCUT2D eigenvalue weighted by Gasteiger charge is 2.33. The smallest absolute Gasteiger partial charge is 0.222 e. The predicted octanol–water partition coefficient (Wildman–Crippen LogP) is 4.24. The van der Waals surface area contributed by atoms with Crippen molar-refractivity contribution in [2.24, 2.45) is 0 Å². The van der Waals surface area contributed by atoms with Crippen LogP contribution in [0.1, 0.15) is 51.0 Å². The standard InChI is InChI=1S/C18H26BrNO2/c1-2-22-13-10-17(21)20-18(11-4-3-5-12-18)14-15-6-8-16(19)9-7-15/h6-9H,2-5,10-14H2,1H3,(H,20,21). The molecular formula is C18H26BrNO2. The molecule has 0 saturated heterocycles. The molecule has 0 bridgehead atoms. The molecule has 4 heteroatoms. The maximum absolute atomic E-state index is 12.2. The monoisotopic (exact) mass is 367 g/mol. The van der Waals surface area contributed by atoms with E-state index in [1.807, 2.05) is 6.92 Å². The lowest BCUT2D eigenvalue weighted by atomic mass is 9.77. The van der Waals surface area contributed by atoms with Gasteiger partial charge in [0.05, 0.1) is 6.61 Å². The summed E-state index contributed by atoms with van der Waals surface area (Å²) in [6.45, 7) is 3.13. The van der Waals surface area contributed by atoms with Gasteiger partial charge in [-0.05, 0) is 43.9 Å². The van der Waals surface area contributed by atoms with E-state index in [4.69, 9.17) is 4.74 Å². The summed E-state index contributed by atoms with van der Waals surface area (Å²) < 4.78 is 6.38. The van der Waals surface area contributed by atoms with Gasteiger partial charge in [0.2, 0.25) is 5.91 Å². The molecule has 0 radical (unpaired) electrons. The summed E-state index contributed by atoms with van der Waals surface area (Å²) in [5.74, 6) is 0.118. The Morgan fingerprint density at radius 2 is 1.91 bits per heavy atom. The van der Waals surface area contributed by atoms with Crippen LogP contribution >= 0.6 is 15.9 Å². The van der Waals surface area contributed by atoms with E-state index in [2.05, 4.69) is 45.5 Å². The molecule has 0 unspecified atom stereocenters. The van der Waals surface area contributed by atoms with Gasteiger partial charge in [0.25, 0.3) is 0 Å². The van der Waals surface area contributed by atoms with Gasteiger partial charge < -0.3 is 10.1 Å². The van der Waals surface area contributed by atoms with Crippen LogP contribution in [0, 0.1) is 0 Å². The van der Waals surface area contributed by atoms with Crippen LogP contribution in [0.2, 0.25) is 0 Å². The lowest BCUT2D eigenvalue weighted by molar-refractivity contribution is -0.124. The highest BCUT2D eigenvalue weighted by Crippen LogP contribution is 2.32. The molecule has 1 aliphatic rings. The summed E-state index contributed by atoms with van der Waals surface area (Å²) in [4.78, 5) is 12.2. The zero-order valence-electron chi connectivity index (χ0n) is 13.4. The molecule has 22 heavy (non-hydrogen) atoms. The second kappa shape index (κ2) is 8.68. The minimum Gasteiger partial charge on any atom is -0.381 e. The lowest BCUT2D eigenvalue weighted by Crippen LogP contribution is -2.51. The zero-order valence-corrected chi connectivity index (χ0v) is 15.0. The lowest BCUT2D eigenvalue weighted by Gasteiger charge is -2.38. The van der Waals surface area contributed by atoms with Gasteiger partial charge in [-0.3, -0.25) is 4.79 Å². The van der Waals surface area contributed by atoms with Crippen LogP contribution in [0.5, 0.6) is 0 Å². The molecule has 3 nitrogen and oxygen atoms in total. The van der Waals surface area contributed by atoms with E-state index in [-0.39, 0.29) is 11.4 Å². The third-order valence-corrected chi connectivity index (χ3v) is 4.88. The molecule has 1 saturated carbocycles. The molecule has 0 aliphatic heterocycles. The number of carbonyl (C=O) groups is 1. The first-order chi connectivity index (χ1) is 10.6. The van der Waals surface area contributed by atoms with E-state index in [1.165, 1.54) is 24.8 Å². The Hall–Kier alpha value is -0.870. The number of halogens is 1. The van der Waals surface area contributed by atoms with E-state index in [9.17, 15) is 4.79 Å². The summed E-state index contributed by atoms with van der Waals surface area (Å²) in [7, 11) is 0. The molecule has 1 aromatic rings. The van der Waals surface area contributed by atoms with Crippen molar-refractivity contribution in [3.8, 4) is 0 Å². The van der Waals surface area contributed by atoms with Crippen molar-refractivity contribution in [2.45, 2.75) is 57.4 Å². The van der Waals surface area contributed by atoms with Crippen LogP contribution < -0.4 is 5.32 Å². The fraction of sp³-hybridized carbons (Fsp3) is 0.611. The van der Waals surface area contributed by atoms with Gasteiger partial charge in [0.15, 0.2) is 0 Å². The third kappa shape index (κ3) is 5.40. The van der Waals surface area contributed by atoms with E-state index < -0.39 is 0 Å². The third-order valence-electron chi connectivity index (χ3n) is 4.35. The highest BCUT2D eigenvalue weighted by atomic mass is 79.9. The average molecular weight is 368 g/mol. The number of carbonyl (C=O) groups excluding carboxylic acids is 1. The summed E-state index contributed by atoms with van der Waals surface area (Å²) in [5.41, 5.74) is 1.21. The van der Waals surface area contributed by atoms with Gasteiger partial charge in [0, 0.05) is 23.0 Å². The number of amides is 1. The Balaban J connectivity index is 2.00. The van der Waals surface area contributed by atoms with Crippen molar-refractivity contribution in [1.82, 2.24) is 5.32 Å². The summed E-state index contributed by atoms with van der Waals surface area (Å²) in [6, 6.07) is 8.44. The van der Waals surface area contributed by atoms with Gasteiger partial charge >= 0.3 is 0 Å². The van der Waals surface area contributed by atoms with Crippen molar-refractivity contribution < 1.29 is 9.53 Å². The number of ether oxygens (including phenoxy) is 1. The summed E-state index contributed by atoms with van der Waals surface area (Å²) in [5, 5.41) is 3.32. The topological polar surface area (TPSA) is 38.3 Å². The second-order valence-corrected chi connectivity index (χ2v) is 7.06. The Morgan fingerprint density at radius 1 is 1.23 bits per heavy atom. The minimum absolute atomic E-state index is 0.0740. The van der Waals surface area contributed by atoms with Gasteiger partial charge in [0.1, 0.15) is 0 Å². The Bertz CT molecular complexity index is 466. The van der Waals surface area contributed by atoms with Crippen molar-refractivity contribution in [3.05, 3.63) is 34.3 Å². The first-order valence-electron chi connectivity index (χ1n) is 8.27. The van der Waals surface area contributed by atoms with Gasteiger partial charge in [-0.2, -0.15) is 0 Å². The van der Waals surface area contributed by atoms with Crippen LogP contribution in [-0.2, 0) is 16.0 Å². The van der Waals surface area contributed by atoms with Crippen molar-refractivity contribution in [1.29, 1.82) is 0 Å². The maximum Gasteiger partial charge on any atom is 0.222 e. The highest BCUT2D eigenvalue weighted by molar-refractivity contribution is 9.10. The molecular weight excluding hydrogens is 342 g/mol. The Morgan fingerprint density at radius 3 is 2.55 bits per heavy atom. The average Bonchev–Trinajstić information content (AvgIpc) is 2.51. The fourth-order valence-corrected chi connectivity index (χ4v) is 3.50. The van der Waals surface area contributed by atoms with E-state index in [0.29, 0.717) is 19.6 Å². The van der Waals surface area contributed by atoms with Crippen LogP contribution in [0.25, 0.3) is 0 Å². The predicted molar refractivity (Wildman–Crippen MR) is 92.9 cm³/mol. The minimum atomic E-state index is -0.0740. The van der Waals surface area contributed by atoms with Gasteiger partial charge in [-0.25, -0.2) is 0 Å². The van der Waals surface area contributed by atoms with Crippen LogP contribution in [-0.4, -0.2) is 24.7 Å². The number of hydrogen-bond donors (Lipinski definition) is 1. The molecule has 122 valence electrons. The molecule has 1 N–H and O–H groups in total. The Kier molecular flexibility index (Phi) is 6.90. The molecule has 0 spiro atoms. The summed E-state index contributed by atoms with van der Waals surface area (Å²) in [6.07, 6.45) is 7.19. The van der Waals surface area contributed by atoms with Gasteiger partial charge in [-0.15, -0.1) is 0 Å². The van der Waals surface area contributed by atoms with E-state index in [1.54, 1.807) is 0 Å².